The van der Waals surface area contributed by atoms with Crippen LogP contribution in [0.4, 0.5) is 10.2 Å². The number of aromatic nitrogens is 1. The lowest BCUT2D eigenvalue weighted by atomic mass is 10.3. The quantitative estimate of drug-likeness (QED) is 0.669. The maximum atomic E-state index is 13.7. The first-order valence-corrected chi connectivity index (χ1v) is 6.95. The third kappa shape index (κ3) is 3.37. The molecule has 2 rings (SSSR count). The fourth-order valence-electron chi connectivity index (χ4n) is 2.33. The average Bonchev–Trinajstić information content (AvgIpc) is 2.87. The number of anilines is 1. The second-order valence-corrected chi connectivity index (χ2v) is 5.08. The fraction of sp³-hybridized carbons (Fsp3) is 0.571. The van der Waals surface area contributed by atoms with Crippen molar-refractivity contribution in [1.29, 1.82) is 0 Å². The summed E-state index contributed by atoms with van der Waals surface area (Å²) < 4.78 is 13.7. The van der Waals surface area contributed by atoms with Gasteiger partial charge in [0.1, 0.15) is 0 Å². The van der Waals surface area contributed by atoms with Crippen molar-refractivity contribution >= 4 is 11.8 Å². The number of hydrogen-bond donors (Lipinski definition) is 1. The summed E-state index contributed by atoms with van der Waals surface area (Å²) in [5, 5.41) is 3.42. The van der Waals surface area contributed by atoms with Crippen LogP contribution >= 0.6 is 0 Å². The molecule has 1 aromatic heterocycles. The van der Waals surface area contributed by atoms with Gasteiger partial charge < -0.3 is 15.1 Å². The van der Waals surface area contributed by atoms with Gasteiger partial charge in [0.05, 0.1) is 0 Å². The highest BCUT2D eigenvalue weighted by Gasteiger charge is 2.26. The largest absolute Gasteiger partial charge is 0.352 e. The molecule has 0 amide bonds. The van der Waals surface area contributed by atoms with Crippen molar-refractivity contribution in [1.82, 2.24) is 15.2 Å². The van der Waals surface area contributed by atoms with Gasteiger partial charge in [0.25, 0.3) is 0 Å². The zero-order chi connectivity index (χ0) is 14.5. The van der Waals surface area contributed by atoms with Crippen LogP contribution in [0.3, 0.4) is 0 Å². The van der Waals surface area contributed by atoms with Crippen molar-refractivity contribution in [3.63, 3.8) is 0 Å². The van der Waals surface area contributed by atoms with Crippen molar-refractivity contribution < 1.29 is 4.39 Å². The van der Waals surface area contributed by atoms with E-state index in [0.29, 0.717) is 5.82 Å². The predicted molar refractivity (Wildman–Crippen MR) is 79.6 cm³/mol. The van der Waals surface area contributed by atoms with Gasteiger partial charge in [-0.05, 0) is 25.5 Å². The van der Waals surface area contributed by atoms with E-state index in [4.69, 9.17) is 0 Å². The van der Waals surface area contributed by atoms with Crippen LogP contribution in [-0.2, 0) is 0 Å². The molecule has 6 heteroatoms. The molecule has 1 saturated heterocycles. The molecular weight excluding hydrogens is 257 g/mol. The predicted octanol–water partition coefficient (Wildman–Crippen LogP) is 1.33. The third-order valence-electron chi connectivity index (χ3n) is 3.29. The van der Waals surface area contributed by atoms with E-state index in [0.717, 1.165) is 32.0 Å². The molecule has 1 aromatic rings. The van der Waals surface area contributed by atoms with Crippen LogP contribution in [0.1, 0.15) is 13.3 Å². The molecule has 2 heterocycles. The Morgan fingerprint density at radius 3 is 3.05 bits per heavy atom. The Kier molecular flexibility index (Phi) is 4.76. The Bertz CT molecular complexity index is 474. The smallest absolute Gasteiger partial charge is 0.193 e. The minimum absolute atomic E-state index is 0.261. The first-order chi connectivity index (χ1) is 9.61. The molecule has 1 aliphatic heterocycles. The van der Waals surface area contributed by atoms with Gasteiger partial charge >= 0.3 is 0 Å². The zero-order valence-corrected chi connectivity index (χ0v) is 12.3. The molecule has 1 unspecified atom stereocenters. The highest BCUT2D eigenvalue weighted by molar-refractivity contribution is 5.79. The van der Waals surface area contributed by atoms with Crippen LogP contribution in [0.5, 0.6) is 0 Å². The highest BCUT2D eigenvalue weighted by Crippen LogP contribution is 2.20. The summed E-state index contributed by atoms with van der Waals surface area (Å²) in [7, 11) is 3.93. The van der Waals surface area contributed by atoms with Gasteiger partial charge in [-0.3, -0.25) is 4.99 Å². The number of hydrogen-bond acceptors (Lipinski definition) is 3. The minimum Gasteiger partial charge on any atom is -0.352 e. The summed E-state index contributed by atoms with van der Waals surface area (Å²) in [6.07, 6.45) is 2.58. The second kappa shape index (κ2) is 6.54. The highest BCUT2D eigenvalue weighted by atomic mass is 19.1. The van der Waals surface area contributed by atoms with Crippen molar-refractivity contribution in [2.24, 2.45) is 4.99 Å². The second-order valence-electron chi connectivity index (χ2n) is 5.08. The minimum atomic E-state index is -0.261. The van der Waals surface area contributed by atoms with Crippen LogP contribution in [0, 0.1) is 5.82 Å². The molecule has 0 saturated carbocycles. The zero-order valence-electron chi connectivity index (χ0n) is 12.3. The SMILES string of the molecule is CCN=C(NC1CCN(c2ncccc2F)C1)N(C)C. The molecule has 0 spiro atoms. The first-order valence-electron chi connectivity index (χ1n) is 6.95. The molecule has 0 aliphatic carbocycles. The van der Waals surface area contributed by atoms with E-state index in [1.807, 2.05) is 30.8 Å². The number of halogens is 1. The van der Waals surface area contributed by atoms with Gasteiger partial charge in [-0.2, -0.15) is 0 Å². The number of nitrogens with one attached hydrogen (secondary N) is 1. The average molecular weight is 279 g/mol. The fourth-order valence-corrected chi connectivity index (χ4v) is 2.33. The molecule has 0 aromatic carbocycles. The Labute approximate surface area is 119 Å². The lowest BCUT2D eigenvalue weighted by Gasteiger charge is -2.22. The maximum absolute atomic E-state index is 13.7. The van der Waals surface area contributed by atoms with Crippen LogP contribution < -0.4 is 10.2 Å². The molecule has 1 fully saturated rings. The summed E-state index contributed by atoms with van der Waals surface area (Å²) in [6, 6.07) is 3.33. The van der Waals surface area contributed by atoms with Gasteiger partial charge in [0.2, 0.25) is 0 Å². The molecule has 1 aliphatic rings. The van der Waals surface area contributed by atoms with Crippen LogP contribution in [0.15, 0.2) is 23.3 Å². The standard InChI is InChI=1S/C14H22FN5/c1-4-16-14(19(2)3)18-11-7-9-20(10-11)13-12(15)6-5-8-17-13/h5-6,8,11H,4,7,9-10H2,1-3H3,(H,16,18). The Balaban J connectivity index is 1.99. The van der Waals surface area contributed by atoms with Gasteiger partial charge in [0, 0.05) is 46.0 Å². The van der Waals surface area contributed by atoms with Crippen LogP contribution in [-0.4, -0.2) is 55.6 Å². The number of pyridine rings is 1. The van der Waals surface area contributed by atoms with Gasteiger partial charge in [0.15, 0.2) is 17.6 Å². The normalized spacial score (nSPS) is 19.3. The first kappa shape index (κ1) is 14.6. The summed E-state index contributed by atoms with van der Waals surface area (Å²) in [5.74, 6) is 1.06. The van der Waals surface area contributed by atoms with Crippen molar-refractivity contribution in [2.75, 3.05) is 38.6 Å². The third-order valence-corrected chi connectivity index (χ3v) is 3.29. The van der Waals surface area contributed by atoms with E-state index in [-0.39, 0.29) is 11.9 Å². The summed E-state index contributed by atoms with van der Waals surface area (Å²) in [6.45, 7) is 4.30. The summed E-state index contributed by atoms with van der Waals surface area (Å²) in [5.41, 5.74) is 0. The van der Waals surface area contributed by atoms with Crippen molar-refractivity contribution in [2.45, 2.75) is 19.4 Å². The summed E-state index contributed by atoms with van der Waals surface area (Å²) >= 11 is 0. The molecular formula is C14H22FN5. The van der Waals surface area contributed by atoms with Crippen molar-refractivity contribution in [3.8, 4) is 0 Å². The monoisotopic (exact) mass is 279 g/mol. The Morgan fingerprint density at radius 2 is 2.40 bits per heavy atom. The number of guanidine groups is 1. The molecule has 0 radical (unpaired) electrons. The topological polar surface area (TPSA) is 43.8 Å². The molecule has 1 N–H and O–H groups in total. The molecule has 0 bridgehead atoms. The summed E-state index contributed by atoms with van der Waals surface area (Å²) in [4.78, 5) is 12.5. The van der Waals surface area contributed by atoms with Gasteiger partial charge in [-0.25, -0.2) is 9.37 Å². The van der Waals surface area contributed by atoms with Gasteiger partial charge in [-0.15, -0.1) is 0 Å². The molecule has 1 atom stereocenters. The van der Waals surface area contributed by atoms with Crippen LogP contribution in [0.25, 0.3) is 0 Å². The Hall–Kier alpha value is -1.85. The number of nitrogens with zero attached hydrogens (tertiary/aromatic N) is 4. The lowest BCUT2D eigenvalue weighted by molar-refractivity contribution is 0.546. The number of rotatable bonds is 3. The van der Waals surface area contributed by atoms with E-state index >= 15 is 0 Å². The lowest BCUT2D eigenvalue weighted by Crippen LogP contribution is -2.44. The maximum Gasteiger partial charge on any atom is 0.193 e. The number of aliphatic imine (C=N–C) groups is 1. The molecule has 110 valence electrons. The molecule has 20 heavy (non-hydrogen) atoms. The van der Waals surface area contributed by atoms with E-state index in [1.54, 1.807) is 12.3 Å². The van der Waals surface area contributed by atoms with E-state index in [2.05, 4.69) is 15.3 Å². The van der Waals surface area contributed by atoms with E-state index < -0.39 is 0 Å². The molecule has 5 nitrogen and oxygen atoms in total. The van der Waals surface area contributed by atoms with Gasteiger partial charge in [-0.1, -0.05) is 0 Å². The van der Waals surface area contributed by atoms with Crippen LogP contribution in [0.2, 0.25) is 0 Å². The van der Waals surface area contributed by atoms with Crippen molar-refractivity contribution in [3.05, 3.63) is 24.1 Å². The Morgan fingerprint density at radius 1 is 1.60 bits per heavy atom. The van der Waals surface area contributed by atoms with E-state index in [1.165, 1.54) is 6.07 Å². The van der Waals surface area contributed by atoms with E-state index in [9.17, 15) is 4.39 Å².